The van der Waals surface area contributed by atoms with Crippen LogP contribution in [-0.4, -0.2) is 92.0 Å². The van der Waals surface area contributed by atoms with Crippen LogP contribution < -0.4 is 4.90 Å². The number of benzene rings is 2. The van der Waals surface area contributed by atoms with Crippen LogP contribution in [0.25, 0.3) is 10.8 Å². The molecule has 2 aromatic carbocycles. The normalized spacial score (nSPS) is 19.1. The van der Waals surface area contributed by atoms with E-state index in [1.807, 2.05) is 12.1 Å². The Morgan fingerprint density at radius 3 is 2.38 bits per heavy atom. The molecule has 2 aliphatic rings. The van der Waals surface area contributed by atoms with Crippen LogP contribution in [0.1, 0.15) is 12.8 Å². The molecule has 1 unspecified atom stereocenters. The van der Waals surface area contributed by atoms with Crippen molar-refractivity contribution in [2.45, 2.75) is 29.8 Å². The number of aromatic nitrogens is 1. The van der Waals surface area contributed by atoms with Gasteiger partial charge in [-0.2, -0.15) is 4.31 Å². The van der Waals surface area contributed by atoms with Gasteiger partial charge in [-0.05, 0) is 60.0 Å². The molecule has 0 saturated carbocycles. The van der Waals surface area contributed by atoms with Crippen molar-refractivity contribution in [2.75, 3.05) is 45.2 Å². The highest BCUT2D eigenvalue weighted by atomic mass is 35.5. The van der Waals surface area contributed by atoms with Crippen molar-refractivity contribution >= 4 is 62.4 Å². The van der Waals surface area contributed by atoms with Gasteiger partial charge in [-0.25, -0.2) is 18.2 Å². The Morgan fingerprint density at radius 1 is 1.05 bits per heavy atom. The van der Waals surface area contributed by atoms with Gasteiger partial charge in [0, 0.05) is 55.8 Å². The molecule has 10 nitrogen and oxygen atoms in total. The molecule has 0 bridgehead atoms. The largest absolute Gasteiger partial charge is 0.467 e. The SMILES string of the molecule is COC(=O)C1CN(S(=O)(=O)c2ccc3cc(Cl)ccc3c2)CC(=O)N1N(C)C1CCN(c2ccncc2)CC1.Cl. The number of pyridine rings is 1. The smallest absolute Gasteiger partial charge is 0.331 e. The van der Waals surface area contributed by atoms with Gasteiger partial charge in [0.15, 0.2) is 6.04 Å². The molecule has 13 heteroatoms. The second kappa shape index (κ2) is 12.3. The zero-order valence-electron chi connectivity index (χ0n) is 22.1. The number of rotatable bonds is 6. The minimum Gasteiger partial charge on any atom is -0.467 e. The van der Waals surface area contributed by atoms with Crippen LogP contribution in [0.2, 0.25) is 5.02 Å². The predicted octanol–water partition coefficient (Wildman–Crippen LogP) is 3.20. The van der Waals surface area contributed by atoms with Crippen molar-refractivity contribution in [3.8, 4) is 0 Å². The first-order chi connectivity index (χ1) is 18.7. The van der Waals surface area contributed by atoms with E-state index in [1.165, 1.54) is 18.2 Å². The topological polar surface area (TPSA) is 103 Å². The van der Waals surface area contributed by atoms with Crippen LogP contribution in [0.5, 0.6) is 0 Å². The van der Waals surface area contributed by atoms with Crippen molar-refractivity contribution < 1.29 is 22.7 Å². The van der Waals surface area contributed by atoms with Crippen molar-refractivity contribution in [1.29, 1.82) is 0 Å². The minimum absolute atomic E-state index is 0. The van der Waals surface area contributed by atoms with Crippen molar-refractivity contribution in [2.24, 2.45) is 0 Å². The Balaban J connectivity index is 0.00000370. The van der Waals surface area contributed by atoms with Crippen LogP contribution in [-0.2, 0) is 24.3 Å². The number of fused-ring (bicyclic) bond motifs is 1. The lowest BCUT2D eigenvalue weighted by atomic mass is 10.0. The summed E-state index contributed by atoms with van der Waals surface area (Å²) in [6.07, 6.45) is 5.04. The molecule has 3 heterocycles. The van der Waals surface area contributed by atoms with Gasteiger partial charge in [0.25, 0.3) is 5.91 Å². The van der Waals surface area contributed by atoms with Crippen LogP contribution in [0, 0.1) is 0 Å². The molecule has 40 heavy (non-hydrogen) atoms. The van der Waals surface area contributed by atoms with E-state index in [2.05, 4.69) is 9.88 Å². The molecule has 1 aromatic heterocycles. The maximum atomic E-state index is 13.6. The van der Waals surface area contributed by atoms with E-state index >= 15 is 0 Å². The Hall–Kier alpha value is -2.96. The number of esters is 1. The molecule has 2 fully saturated rings. The minimum atomic E-state index is -4.07. The number of hydrazine groups is 1. The van der Waals surface area contributed by atoms with Crippen molar-refractivity contribution in [3.63, 3.8) is 0 Å². The van der Waals surface area contributed by atoms with E-state index in [9.17, 15) is 18.0 Å². The summed E-state index contributed by atoms with van der Waals surface area (Å²) in [5.41, 5.74) is 1.09. The number of carbonyl (C=O) groups is 2. The second-order valence-electron chi connectivity index (χ2n) is 9.73. The summed E-state index contributed by atoms with van der Waals surface area (Å²) in [6.45, 7) is 0.962. The summed E-state index contributed by atoms with van der Waals surface area (Å²) in [4.78, 5) is 32.7. The van der Waals surface area contributed by atoms with Crippen LogP contribution in [0.3, 0.4) is 0 Å². The third kappa shape index (κ3) is 5.89. The molecule has 214 valence electrons. The zero-order valence-corrected chi connectivity index (χ0v) is 24.5. The molecule has 0 radical (unpaired) electrons. The fourth-order valence-corrected chi connectivity index (χ4v) is 6.97. The fourth-order valence-electron chi connectivity index (χ4n) is 5.35. The van der Waals surface area contributed by atoms with Gasteiger partial charge < -0.3 is 9.64 Å². The molecule has 2 aliphatic heterocycles. The van der Waals surface area contributed by atoms with Crippen LogP contribution in [0.4, 0.5) is 5.69 Å². The van der Waals surface area contributed by atoms with Gasteiger partial charge in [-0.15, -0.1) is 12.4 Å². The fraction of sp³-hybridized carbons (Fsp3) is 0.370. The number of ether oxygens (including phenoxy) is 1. The lowest BCUT2D eigenvalue weighted by Crippen LogP contribution is -2.66. The molecule has 2 saturated heterocycles. The van der Waals surface area contributed by atoms with Gasteiger partial charge in [0.1, 0.15) is 0 Å². The quantitative estimate of drug-likeness (QED) is 0.394. The molecule has 1 atom stereocenters. The number of nitrogens with zero attached hydrogens (tertiary/aromatic N) is 5. The standard InChI is InChI=1S/C27H30ClN5O5S.ClH/c1-30(22-9-13-31(14-10-22)23-7-11-29-12-8-23)33-25(27(35)38-2)17-32(18-26(33)34)39(36,37)24-6-4-19-15-21(28)5-3-20(19)16-24;/h3-8,11-12,15-16,22,25H,9-10,13-14,17-18H2,1-2H3;1H. The number of halogens is 2. The number of piperazine rings is 1. The maximum absolute atomic E-state index is 13.6. The van der Waals surface area contributed by atoms with Crippen LogP contribution in [0.15, 0.2) is 65.8 Å². The molecular formula is C27H31Cl2N5O5S. The lowest BCUT2D eigenvalue weighted by Gasteiger charge is -2.47. The highest BCUT2D eigenvalue weighted by Crippen LogP contribution is 2.29. The highest BCUT2D eigenvalue weighted by molar-refractivity contribution is 7.89. The second-order valence-corrected chi connectivity index (χ2v) is 12.1. The monoisotopic (exact) mass is 607 g/mol. The third-order valence-electron chi connectivity index (χ3n) is 7.48. The highest BCUT2D eigenvalue weighted by Gasteiger charge is 2.45. The van der Waals surface area contributed by atoms with Gasteiger partial charge in [-0.1, -0.05) is 23.7 Å². The number of methoxy groups -OCH3 is 1. The van der Waals surface area contributed by atoms with Gasteiger partial charge in [0.05, 0.1) is 18.6 Å². The van der Waals surface area contributed by atoms with E-state index < -0.39 is 27.9 Å². The summed E-state index contributed by atoms with van der Waals surface area (Å²) in [5.74, 6) is -1.15. The molecule has 0 aliphatic carbocycles. The Morgan fingerprint density at radius 2 is 1.70 bits per heavy atom. The molecule has 0 spiro atoms. The van der Waals surface area contributed by atoms with Gasteiger partial charge >= 0.3 is 5.97 Å². The van der Waals surface area contributed by atoms with Crippen LogP contribution >= 0.6 is 24.0 Å². The van der Waals surface area contributed by atoms with E-state index in [0.29, 0.717) is 10.4 Å². The van der Waals surface area contributed by atoms with Crippen molar-refractivity contribution in [3.05, 3.63) is 65.9 Å². The summed E-state index contributed by atoms with van der Waals surface area (Å²) in [5, 5.41) is 5.22. The average molecular weight is 609 g/mol. The third-order valence-corrected chi connectivity index (χ3v) is 9.53. The number of anilines is 1. The summed E-state index contributed by atoms with van der Waals surface area (Å²) in [7, 11) is -1.06. The maximum Gasteiger partial charge on any atom is 0.331 e. The van der Waals surface area contributed by atoms with E-state index in [0.717, 1.165) is 41.3 Å². The Labute approximate surface area is 244 Å². The number of amides is 1. The van der Waals surface area contributed by atoms with E-state index in [1.54, 1.807) is 54.8 Å². The molecule has 1 amide bonds. The summed E-state index contributed by atoms with van der Waals surface area (Å²) >= 11 is 6.06. The number of hydrogen-bond acceptors (Lipinski definition) is 8. The first kappa shape index (κ1) is 30.0. The summed E-state index contributed by atoms with van der Waals surface area (Å²) in [6, 6.07) is 12.7. The van der Waals surface area contributed by atoms with Gasteiger partial charge in [0.2, 0.25) is 10.0 Å². The lowest BCUT2D eigenvalue weighted by molar-refractivity contribution is -0.178. The van der Waals surface area contributed by atoms with Gasteiger partial charge in [-0.3, -0.25) is 14.8 Å². The first-order valence-corrected chi connectivity index (χ1v) is 14.5. The molecular weight excluding hydrogens is 577 g/mol. The Bertz CT molecular complexity index is 1490. The predicted molar refractivity (Wildman–Crippen MR) is 155 cm³/mol. The summed E-state index contributed by atoms with van der Waals surface area (Å²) < 4.78 is 33.3. The number of sulfonamides is 1. The van der Waals surface area contributed by atoms with Crippen molar-refractivity contribution in [1.82, 2.24) is 19.3 Å². The molecule has 0 N–H and O–H groups in total. The van der Waals surface area contributed by atoms with E-state index in [-0.39, 0.29) is 36.4 Å². The number of carbonyl (C=O) groups excluding carboxylic acids is 2. The molecule has 3 aromatic rings. The Kier molecular flexibility index (Phi) is 9.21. The first-order valence-electron chi connectivity index (χ1n) is 12.7. The molecule has 5 rings (SSSR count). The number of piperidine rings is 1. The number of hydrogen-bond donors (Lipinski definition) is 0. The van der Waals surface area contributed by atoms with E-state index in [4.69, 9.17) is 16.3 Å². The average Bonchev–Trinajstić information content (AvgIpc) is 2.96. The zero-order chi connectivity index (χ0) is 27.7.